The van der Waals surface area contributed by atoms with E-state index in [1.54, 1.807) is 0 Å². The van der Waals surface area contributed by atoms with Crippen LogP contribution in [0.4, 0.5) is 0 Å². The smallest absolute Gasteiger partial charge is 0.259 e. The Hall–Kier alpha value is -2.25. The summed E-state index contributed by atoms with van der Waals surface area (Å²) in [5.74, 6) is 0.681. The molecule has 4 rings (SSSR count). The number of carbonyl (C=O) groups is 1. The van der Waals surface area contributed by atoms with Crippen molar-refractivity contribution in [2.45, 2.75) is 64.8 Å². The van der Waals surface area contributed by atoms with Crippen molar-refractivity contribution in [2.75, 3.05) is 19.7 Å². The minimum atomic E-state index is -0.297. The van der Waals surface area contributed by atoms with Gasteiger partial charge in [0.25, 0.3) is 5.91 Å². The molecule has 156 valence electrons. The predicted molar refractivity (Wildman–Crippen MR) is 107 cm³/mol. The maximum absolute atomic E-state index is 13.0. The third kappa shape index (κ3) is 4.21. The van der Waals surface area contributed by atoms with E-state index in [4.69, 9.17) is 14.0 Å². The monoisotopic (exact) mass is 399 g/mol. The summed E-state index contributed by atoms with van der Waals surface area (Å²) < 4.78 is 17.6. The standard InChI is InChI=1S/C22H29N3O4/c1-4-6-19-20(16(3)24-29-19)21(26)25-13-22(14-25)11-18(9-10-28-22)27-12-17-8-5-7-15(2)23-17/h5,7-8,18H,4,6,9-14H2,1-3H3/t18-/m1/s1. The number of carbonyl (C=O) groups excluding carboxylic acids is 1. The fourth-order valence-electron chi connectivity index (χ4n) is 4.27. The molecule has 4 heterocycles. The largest absolute Gasteiger partial charge is 0.372 e. The Kier molecular flexibility index (Phi) is 5.69. The highest BCUT2D eigenvalue weighted by molar-refractivity contribution is 5.96. The minimum Gasteiger partial charge on any atom is -0.372 e. The zero-order chi connectivity index (χ0) is 20.4. The summed E-state index contributed by atoms with van der Waals surface area (Å²) >= 11 is 0. The Morgan fingerprint density at radius 3 is 2.93 bits per heavy atom. The molecule has 0 aromatic carbocycles. The lowest BCUT2D eigenvalue weighted by Gasteiger charge is -2.53. The number of hydrogen-bond donors (Lipinski definition) is 0. The van der Waals surface area contributed by atoms with Crippen LogP contribution in [0.1, 0.15) is 59.4 Å². The Morgan fingerprint density at radius 1 is 1.34 bits per heavy atom. The van der Waals surface area contributed by atoms with Gasteiger partial charge in [-0.3, -0.25) is 9.78 Å². The Bertz CT molecular complexity index is 873. The topological polar surface area (TPSA) is 77.7 Å². The second kappa shape index (κ2) is 8.24. The van der Waals surface area contributed by atoms with Crippen molar-refractivity contribution in [3.63, 3.8) is 0 Å². The summed E-state index contributed by atoms with van der Waals surface area (Å²) in [6.45, 7) is 8.21. The number of rotatable bonds is 6. The van der Waals surface area contributed by atoms with Crippen LogP contribution in [0, 0.1) is 13.8 Å². The molecule has 1 atom stereocenters. The SMILES string of the molecule is CCCc1onc(C)c1C(=O)N1CC2(C[C@H](OCc3cccc(C)n3)CCO2)C1. The van der Waals surface area contributed by atoms with Crippen LogP contribution in [0.15, 0.2) is 22.7 Å². The molecule has 0 aliphatic carbocycles. The normalized spacial score (nSPS) is 20.7. The van der Waals surface area contributed by atoms with E-state index in [-0.39, 0.29) is 17.6 Å². The molecule has 0 N–H and O–H groups in total. The maximum Gasteiger partial charge on any atom is 0.259 e. The molecular weight excluding hydrogens is 370 g/mol. The summed E-state index contributed by atoms with van der Waals surface area (Å²) in [6.07, 6.45) is 3.42. The lowest BCUT2D eigenvalue weighted by molar-refractivity contribution is -0.188. The average molecular weight is 399 g/mol. The van der Waals surface area contributed by atoms with E-state index in [2.05, 4.69) is 17.1 Å². The van der Waals surface area contributed by atoms with Gasteiger partial charge in [0.2, 0.25) is 0 Å². The number of hydrogen-bond acceptors (Lipinski definition) is 6. The number of nitrogens with zero attached hydrogens (tertiary/aromatic N) is 3. The van der Waals surface area contributed by atoms with Gasteiger partial charge < -0.3 is 18.9 Å². The molecular formula is C22H29N3O4. The van der Waals surface area contributed by atoms with Gasteiger partial charge in [0.05, 0.1) is 37.2 Å². The van der Waals surface area contributed by atoms with E-state index < -0.39 is 0 Å². The zero-order valence-corrected chi connectivity index (χ0v) is 17.4. The van der Waals surface area contributed by atoms with Crippen molar-refractivity contribution in [2.24, 2.45) is 0 Å². The third-order valence-corrected chi connectivity index (χ3v) is 5.73. The van der Waals surface area contributed by atoms with Crippen LogP contribution in [0.3, 0.4) is 0 Å². The van der Waals surface area contributed by atoms with Crippen molar-refractivity contribution >= 4 is 5.91 Å². The average Bonchev–Trinajstić information content (AvgIpc) is 3.05. The van der Waals surface area contributed by atoms with Crippen LogP contribution in [0.2, 0.25) is 0 Å². The number of aryl methyl sites for hydroxylation is 3. The first kappa shape index (κ1) is 20.0. The number of amides is 1. The van der Waals surface area contributed by atoms with Crippen molar-refractivity contribution in [1.82, 2.24) is 15.0 Å². The van der Waals surface area contributed by atoms with Crippen LogP contribution >= 0.6 is 0 Å². The van der Waals surface area contributed by atoms with Gasteiger partial charge >= 0.3 is 0 Å². The van der Waals surface area contributed by atoms with Gasteiger partial charge in [0.1, 0.15) is 16.9 Å². The lowest BCUT2D eigenvalue weighted by Crippen LogP contribution is -2.67. The van der Waals surface area contributed by atoms with Crippen molar-refractivity contribution in [3.8, 4) is 0 Å². The minimum absolute atomic E-state index is 0.00609. The van der Waals surface area contributed by atoms with E-state index >= 15 is 0 Å². The summed E-state index contributed by atoms with van der Waals surface area (Å²) in [4.78, 5) is 19.3. The second-order valence-corrected chi connectivity index (χ2v) is 8.20. The van der Waals surface area contributed by atoms with Gasteiger partial charge in [-0.05, 0) is 38.8 Å². The van der Waals surface area contributed by atoms with Gasteiger partial charge in [0.15, 0.2) is 0 Å². The molecule has 1 spiro atoms. The Balaban J connectivity index is 1.34. The highest BCUT2D eigenvalue weighted by Gasteiger charge is 2.50. The molecule has 1 amide bonds. The van der Waals surface area contributed by atoms with Crippen LogP contribution in [-0.4, -0.2) is 52.3 Å². The molecule has 29 heavy (non-hydrogen) atoms. The molecule has 0 bridgehead atoms. The number of ether oxygens (including phenoxy) is 2. The molecule has 7 nitrogen and oxygen atoms in total. The molecule has 0 saturated carbocycles. The predicted octanol–water partition coefficient (Wildman–Crippen LogP) is 3.23. The lowest BCUT2D eigenvalue weighted by atomic mass is 9.84. The first-order valence-electron chi connectivity index (χ1n) is 10.4. The molecule has 7 heteroatoms. The summed E-state index contributed by atoms with van der Waals surface area (Å²) in [5.41, 5.74) is 2.93. The third-order valence-electron chi connectivity index (χ3n) is 5.73. The molecule has 2 saturated heterocycles. The van der Waals surface area contributed by atoms with E-state index in [1.165, 1.54) is 0 Å². The molecule has 2 aliphatic heterocycles. The number of pyridine rings is 1. The van der Waals surface area contributed by atoms with E-state index in [1.807, 2.05) is 36.9 Å². The molecule has 0 radical (unpaired) electrons. The van der Waals surface area contributed by atoms with Crippen molar-refractivity contribution in [3.05, 3.63) is 46.6 Å². The van der Waals surface area contributed by atoms with Gasteiger partial charge in [-0.2, -0.15) is 0 Å². The quantitative estimate of drug-likeness (QED) is 0.742. The van der Waals surface area contributed by atoms with Gasteiger partial charge in [0, 0.05) is 25.1 Å². The van der Waals surface area contributed by atoms with Crippen LogP contribution in [0.25, 0.3) is 0 Å². The number of aromatic nitrogens is 2. The summed E-state index contributed by atoms with van der Waals surface area (Å²) in [5, 5.41) is 3.99. The highest BCUT2D eigenvalue weighted by Crippen LogP contribution is 2.37. The first-order chi connectivity index (χ1) is 14.0. The second-order valence-electron chi connectivity index (χ2n) is 8.20. The van der Waals surface area contributed by atoms with Crippen molar-refractivity contribution < 1.29 is 18.8 Å². The summed E-state index contributed by atoms with van der Waals surface area (Å²) in [6, 6.07) is 5.97. The molecule has 2 aromatic heterocycles. The van der Waals surface area contributed by atoms with Crippen molar-refractivity contribution in [1.29, 1.82) is 0 Å². The summed E-state index contributed by atoms with van der Waals surface area (Å²) in [7, 11) is 0. The fraction of sp³-hybridized carbons (Fsp3) is 0.591. The van der Waals surface area contributed by atoms with Crippen LogP contribution in [0.5, 0.6) is 0 Å². The van der Waals surface area contributed by atoms with E-state index in [0.717, 1.165) is 37.1 Å². The fourth-order valence-corrected chi connectivity index (χ4v) is 4.27. The van der Waals surface area contributed by atoms with Gasteiger partial charge in [-0.15, -0.1) is 0 Å². The first-order valence-corrected chi connectivity index (χ1v) is 10.4. The zero-order valence-electron chi connectivity index (χ0n) is 17.4. The van der Waals surface area contributed by atoms with Gasteiger partial charge in [-0.25, -0.2) is 0 Å². The molecule has 0 unspecified atom stereocenters. The molecule has 2 fully saturated rings. The molecule has 2 aliphatic rings. The maximum atomic E-state index is 13.0. The van der Waals surface area contributed by atoms with E-state index in [0.29, 0.717) is 43.3 Å². The van der Waals surface area contributed by atoms with Crippen LogP contribution in [-0.2, 0) is 22.5 Å². The van der Waals surface area contributed by atoms with Gasteiger partial charge in [-0.1, -0.05) is 18.1 Å². The highest BCUT2D eigenvalue weighted by atomic mass is 16.5. The Morgan fingerprint density at radius 2 is 2.17 bits per heavy atom. The number of likely N-dealkylation sites (tertiary alicyclic amines) is 1. The van der Waals surface area contributed by atoms with Crippen LogP contribution < -0.4 is 0 Å². The Labute approximate surface area is 171 Å². The molecule has 2 aromatic rings. The van der Waals surface area contributed by atoms with E-state index in [9.17, 15) is 4.79 Å².